The van der Waals surface area contributed by atoms with Gasteiger partial charge in [-0.2, -0.15) is 0 Å². The third-order valence-corrected chi connectivity index (χ3v) is 4.70. The van der Waals surface area contributed by atoms with Gasteiger partial charge in [0.1, 0.15) is 5.76 Å². The van der Waals surface area contributed by atoms with Crippen LogP contribution >= 0.6 is 0 Å². The summed E-state index contributed by atoms with van der Waals surface area (Å²) in [6.45, 7) is 7.31. The summed E-state index contributed by atoms with van der Waals surface area (Å²) in [7, 11) is 0. The van der Waals surface area contributed by atoms with E-state index in [9.17, 15) is 9.59 Å². The molecule has 0 aliphatic carbocycles. The average molecular weight is 392 g/mol. The van der Waals surface area contributed by atoms with E-state index in [1.807, 2.05) is 45.0 Å². The Hall–Kier alpha value is -3.61. The highest BCUT2D eigenvalue weighted by Gasteiger charge is 2.23. The lowest BCUT2D eigenvalue weighted by molar-refractivity contribution is -0.117. The maximum atomic E-state index is 12.8. The fourth-order valence-electron chi connectivity index (χ4n) is 3.13. The van der Waals surface area contributed by atoms with Gasteiger partial charge in [0.15, 0.2) is 0 Å². The van der Waals surface area contributed by atoms with E-state index in [0.29, 0.717) is 28.5 Å². The first-order valence-corrected chi connectivity index (χ1v) is 9.32. The second-order valence-corrected chi connectivity index (χ2v) is 6.92. The number of amides is 3. The number of nitrogens with zero attached hydrogens (tertiary/aromatic N) is 1. The zero-order valence-corrected chi connectivity index (χ0v) is 16.9. The van der Waals surface area contributed by atoms with Gasteiger partial charge in [-0.05, 0) is 57.5 Å². The van der Waals surface area contributed by atoms with Gasteiger partial charge in [-0.15, -0.1) is 0 Å². The van der Waals surface area contributed by atoms with E-state index < -0.39 is 5.92 Å². The van der Waals surface area contributed by atoms with Crippen LogP contribution in [-0.4, -0.2) is 17.1 Å². The number of anilines is 3. The molecule has 0 fully saturated rings. The Morgan fingerprint density at radius 3 is 2.28 bits per heavy atom. The van der Waals surface area contributed by atoms with Crippen molar-refractivity contribution in [2.45, 2.75) is 33.6 Å². The Labute approximate surface area is 169 Å². The zero-order chi connectivity index (χ0) is 21.0. The molecule has 1 heterocycles. The Balaban J connectivity index is 1.70. The van der Waals surface area contributed by atoms with Crippen LogP contribution in [0.3, 0.4) is 0 Å². The summed E-state index contributed by atoms with van der Waals surface area (Å²) in [6.07, 6.45) is 0. The molecule has 0 radical (unpaired) electrons. The van der Waals surface area contributed by atoms with Crippen molar-refractivity contribution in [3.8, 4) is 0 Å². The largest absolute Gasteiger partial charge is 0.361 e. The number of aromatic nitrogens is 1. The standard InChI is InChI=1S/C22H24N4O3/c1-13-10-11-18(24-22(28)23-17-8-6-5-7-9-17)12-19(13)25-21(27)14(2)20-15(3)26-29-16(20)4/h5-12,14H,1-4H3,(H,25,27)(H2,23,24,28). The first-order valence-electron chi connectivity index (χ1n) is 9.32. The van der Waals surface area contributed by atoms with Gasteiger partial charge in [-0.3, -0.25) is 4.79 Å². The number of rotatable bonds is 5. The number of nitrogens with one attached hydrogen (secondary N) is 3. The van der Waals surface area contributed by atoms with Crippen molar-refractivity contribution in [3.63, 3.8) is 0 Å². The van der Waals surface area contributed by atoms with Gasteiger partial charge in [-0.1, -0.05) is 29.4 Å². The highest BCUT2D eigenvalue weighted by molar-refractivity contribution is 6.01. The van der Waals surface area contributed by atoms with E-state index in [1.54, 1.807) is 31.2 Å². The molecule has 3 rings (SSSR count). The van der Waals surface area contributed by atoms with Crippen LogP contribution in [-0.2, 0) is 4.79 Å². The molecule has 2 aromatic carbocycles. The number of aryl methyl sites for hydroxylation is 3. The Morgan fingerprint density at radius 2 is 1.62 bits per heavy atom. The monoisotopic (exact) mass is 392 g/mol. The highest BCUT2D eigenvalue weighted by atomic mass is 16.5. The van der Waals surface area contributed by atoms with Crippen molar-refractivity contribution in [1.82, 2.24) is 5.16 Å². The minimum Gasteiger partial charge on any atom is -0.361 e. The van der Waals surface area contributed by atoms with Crippen LogP contribution in [0.4, 0.5) is 21.9 Å². The van der Waals surface area contributed by atoms with E-state index in [2.05, 4.69) is 21.1 Å². The molecule has 0 spiro atoms. The number of carbonyl (C=O) groups excluding carboxylic acids is 2. The first-order chi connectivity index (χ1) is 13.8. The highest BCUT2D eigenvalue weighted by Crippen LogP contribution is 2.26. The van der Waals surface area contributed by atoms with Gasteiger partial charge in [0.25, 0.3) is 0 Å². The molecule has 0 saturated carbocycles. The van der Waals surface area contributed by atoms with Crippen LogP contribution in [0.2, 0.25) is 0 Å². The van der Waals surface area contributed by atoms with Crippen molar-refractivity contribution < 1.29 is 14.1 Å². The lowest BCUT2D eigenvalue weighted by Gasteiger charge is -2.15. The summed E-state index contributed by atoms with van der Waals surface area (Å²) in [4.78, 5) is 25.0. The number of para-hydroxylation sites is 1. The Morgan fingerprint density at radius 1 is 0.931 bits per heavy atom. The molecule has 7 heteroatoms. The molecule has 0 aliphatic heterocycles. The van der Waals surface area contributed by atoms with Crippen molar-refractivity contribution in [2.24, 2.45) is 0 Å². The number of benzene rings is 2. The zero-order valence-electron chi connectivity index (χ0n) is 16.9. The van der Waals surface area contributed by atoms with Gasteiger partial charge in [-0.25, -0.2) is 4.79 Å². The molecule has 29 heavy (non-hydrogen) atoms. The molecule has 3 N–H and O–H groups in total. The lowest BCUT2D eigenvalue weighted by atomic mass is 9.98. The number of hydrogen-bond donors (Lipinski definition) is 3. The van der Waals surface area contributed by atoms with Crippen molar-refractivity contribution in [2.75, 3.05) is 16.0 Å². The van der Waals surface area contributed by atoms with Crippen LogP contribution < -0.4 is 16.0 Å². The maximum Gasteiger partial charge on any atom is 0.323 e. The summed E-state index contributed by atoms with van der Waals surface area (Å²) in [5.41, 5.74) is 4.28. The van der Waals surface area contributed by atoms with Gasteiger partial charge in [0.2, 0.25) is 5.91 Å². The van der Waals surface area contributed by atoms with Crippen molar-refractivity contribution in [3.05, 3.63) is 71.1 Å². The minimum atomic E-state index is -0.418. The SMILES string of the molecule is Cc1ccc(NC(=O)Nc2ccccc2)cc1NC(=O)C(C)c1c(C)noc1C. The fourth-order valence-corrected chi connectivity index (χ4v) is 3.13. The van der Waals surface area contributed by atoms with Crippen LogP contribution in [0.15, 0.2) is 53.1 Å². The molecule has 150 valence electrons. The van der Waals surface area contributed by atoms with Crippen molar-refractivity contribution >= 4 is 29.0 Å². The van der Waals surface area contributed by atoms with Crippen LogP contribution in [0.5, 0.6) is 0 Å². The molecule has 3 amide bonds. The predicted octanol–water partition coefficient (Wildman–Crippen LogP) is 4.99. The number of urea groups is 1. The third kappa shape index (κ3) is 4.82. The minimum absolute atomic E-state index is 0.173. The van der Waals surface area contributed by atoms with E-state index in [0.717, 1.165) is 11.1 Å². The molecule has 3 aromatic rings. The number of carbonyl (C=O) groups is 2. The molecule has 0 bridgehead atoms. The maximum absolute atomic E-state index is 12.8. The normalized spacial score (nSPS) is 11.6. The molecular formula is C22H24N4O3. The molecule has 1 aromatic heterocycles. The van der Waals surface area contributed by atoms with E-state index in [1.165, 1.54) is 0 Å². The summed E-state index contributed by atoms with van der Waals surface area (Å²) in [6, 6.07) is 14.2. The van der Waals surface area contributed by atoms with Gasteiger partial charge >= 0.3 is 6.03 Å². The van der Waals surface area contributed by atoms with Crippen LogP contribution in [0.25, 0.3) is 0 Å². The summed E-state index contributed by atoms with van der Waals surface area (Å²) < 4.78 is 5.17. The Bertz CT molecular complexity index is 1010. The first kappa shape index (κ1) is 20.1. The molecule has 1 unspecified atom stereocenters. The molecular weight excluding hydrogens is 368 g/mol. The van der Waals surface area contributed by atoms with Gasteiger partial charge < -0.3 is 20.5 Å². The molecule has 0 aliphatic rings. The second kappa shape index (κ2) is 8.60. The van der Waals surface area contributed by atoms with E-state index in [4.69, 9.17) is 4.52 Å². The fraction of sp³-hybridized carbons (Fsp3) is 0.227. The number of hydrogen-bond acceptors (Lipinski definition) is 4. The molecule has 7 nitrogen and oxygen atoms in total. The lowest BCUT2D eigenvalue weighted by Crippen LogP contribution is -2.21. The quantitative estimate of drug-likeness (QED) is 0.570. The van der Waals surface area contributed by atoms with E-state index in [-0.39, 0.29) is 11.9 Å². The van der Waals surface area contributed by atoms with E-state index >= 15 is 0 Å². The van der Waals surface area contributed by atoms with Crippen molar-refractivity contribution in [1.29, 1.82) is 0 Å². The third-order valence-electron chi connectivity index (χ3n) is 4.70. The second-order valence-electron chi connectivity index (χ2n) is 6.92. The van der Waals surface area contributed by atoms with Crippen LogP contribution in [0.1, 0.15) is 35.4 Å². The summed E-state index contributed by atoms with van der Waals surface area (Å²) >= 11 is 0. The molecule has 0 saturated heterocycles. The Kier molecular flexibility index (Phi) is 5.97. The topological polar surface area (TPSA) is 96.3 Å². The van der Waals surface area contributed by atoms with Crippen LogP contribution in [0, 0.1) is 20.8 Å². The average Bonchev–Trinajstić information content (AvgIpc) is 3.02. The predicted molar refractivity (Wildman–Crippen MR) is 113 cm³/mol. The molecule has 1 atom stereocenters. The van der Waals surface area contributed by atoms with Gasteiger partial charge in [0, 0.05) is 22.6 Å². The summed E-state index contributed by atoms with van der Waals surface area (Å²) in [5, 5.41) is 12.4. The smallest absolute Gasteiger partial charge is 0.323 e. The summed E-state index contributed by atoms with van der Waals surface area (Å²) in [5.74, 6) is 0.0434. The van der Waals surface area contributed by atoms with Gasteiger partial charge in [0.05, 0.1) is 11.6 Å².